The average Bonchev–Trinajstić information content (AvgIpc) is 3.13. The van der Waals surface area contributed by atoms with Crippen LogP contribution in [-0.4, -0.2) is 45.5 Å². The molecule has 2 heterocycles. The molecule has 1 saturated heterocycles. The molecule has 1 aromatic rings. The number of ether oxygens (including phenoxy) is 2. The number of nitrogens with zero attached hydrogens (tertiary/aromatic N) is 1. The summed E-state index contributed by atoms with van der Waals surface area (Å²) in [5, 5.41) is 6.62. The number of hydrogen-bond acceptors (Lipinski definition) is 4. The van der Waals surface area contributed by atoms with Crippen molar-refractivity contribution < 1.29 is 9.47 Å². The van der Waals surface area contributed by atoms with Crippen LogP contribution in [-0.2, 0) is 16.0 Å². The summed E-state index contributed by atoms with van der Waals surface area (Å²) in [6.07, 6.45) is 2.29. The second-order valence-electron chi connectivity index (χ2n) is 5.07. The molecule has 1 atom stereocenters. The van der Waals surface area contributed by atoms with Crippen LogP contribution in [0.3, 0.4) is 0 Å². The summed E-state index contributed by atoms with van der Waals surface area (Å²) in [4.78, 5) is 6.88. The molecular weight excluding hydrogens is 286 g/mol. The molecule has 0 saturated carbocycles. The van der Waals surface area contributed by atoms with Crippen LogP contribution in [0, 0.1) is 6.92 Å². The van der Waals surface area contributed by atoms with E-state index in [1.54, 1.807) is 7.05 Å². The van der Waals surface area contributed by atoms with Crippen molar-refractivity contribution in [1.82, 2.24) is 10.6 Å². The Hall–Kier alpha value is -1.11. The SMILES string of the molecule is CN=C(NCCCOC1CCOC1)NCc1ccc(C)s1. The normalized spacial score (nSPS) is 19.0. The quantitative estimate of drug-likeness (QED) is 0.459. The van der Waals surface area contributed by atoms with E-state index in [2.05, 4.69) is 34.7 Å². The van der Waals surface area contributed by atoms with Crippen molar-refractivity contribution in [2.75, 3.05) is 33.4 Å². The Kier molecular flexibility index (Phi) is 6.99. The summed E-state index contributed by atoms with van der Waals surface area (Å²) in [7, 11) is 1.79. The molecule has 2 rings (SSSR count). The predicted molar refractivity (Wildman–Crippen MR) is 87.1 cm³/mol. The standard InChI is InChI=1S/C15H25N3O2S/c1-12-4-5-14(21-12)10-18-15(16-2)17-7-3-8-20-13-6-9-19-11-13/h4-5,13H,3,6-11H2,1-2H3,(H2,16,17,18). The van der Waals surface area contributed by atoms with E-state index in [0.717, 1.165) is 51.7 Å². The fourth-order valence-electron chi connectivity index (χ4n) is 2.14. The smallest absolute Gasteiger partial charge is 0.191 e. The van der Waals surface area contributed by atoms with Crippen molar-refractivity contribution >= 4 is 17.3 Å². The molecule has 21 heavy (non-hydrogen) atoms. The Labute approximate surface area is 130 Å². The van der Waals surface area contributed by atoms with Crippen LogP contribution in [0.4, 0.5) is 0 Å². The molecule has 0 aliphatic carbocycles. The third-order valence-electron chi connectivity index (χ3n) is 3.30. The molecule has 0 spiro atoms. The number of thiophene rings is 1. The topological polar surface area (TPSA) is 54.9 Å². The van der Waals surface area contributed by atoms with Crippen LogP contribution in [0.2, 0.25) is 0 Å². The van der Waals surface area contributed by atoms with Crippen molar-refractivity contribution in [3.63, 3.8) is 0 Å². The van der Waals surface area contributed by atoms with Crippen molar-refractivity contribution in [1.29, 1.82) is 0 Å². The zero-order valence-electron chi connectivity index (χ0n) is 12.9. The molecule has 118 valence electrons. The van der Waals surface area contributed by atoms with Gasteiger partial charge in [0.05, 0.1) is 19.3 Å². The zero-order chi connectivity index (χ0) is 14.9. The monoisotopic (exact) mass is 311 g/mol. The number of aryl methyl sites for hydroxylation is 1. The van der Waals surface area contributed by atoms with Crippen LogP contribution >= 0.6 is 11.3 Å². The van der Waals surface area contributed by atoms with Gasteiger partial charge in [-0.3, -0.25) is 4.99 Å². The summed E-state index contributed by atoms with van der Waals surface area (Å²) in [6.45, 7) is 6.14. The highest BCUT2D eigenvalue weighted by Gasteiger charge is 2.15. The lowest BCUT2D eigenvalue weighted by Gasteiger charge is -2.12. The van der Waals surface area contributed by atoms with E-state index >= 15 is 0 Å². The molecule has 1 aliphatic heterocycles. The second-order valence-corrected chi connectivity index (χ2v) is 6.45. The Bertz CT molecular complexity index is 442. The molecular formula is C15H25N3O2S. The van der Waals surface area contributed by atoms with Gasteiger partial charge in [-0.1, -0.05) is 0 Å². The van der Waals surface area contributed by atoms with Gasteiger partial charge in [-0.05, 0) is 31.9 Å². The van der Waals surface area contributed by atoms with Gasteiger partial charge in [-0.2, -0.15) is 0 Å². The first-order valence-electron chi connectivity index (χ1n) is 7.47. The highest BCUT2D eigenvalue weighted by atomic mass is 32.1. The van der Waals surface area contributed by atoms with Gasteiger partial charge in [0.25, 0.3) is 0 Å². The lowest BCUT2D eigenvalue weighted by atomic mass is 10.3. The lowest BCUT2D eigenvalue weighted by molar-refractivity contribution is 0.0420. The van der Waals surface area contributed by atoms with Gasteiger partial charge in [0.2, 0.25) is 0 Å². The Morgan fingerprint density at radius 1 is 1.48 bits per heavy atom. The van der Waals surface area contributed by atoms with Gasteiger partial charge >= 0.3 is 0 Å². The minimum absolute atomic E-state index is 0.296. The van der Waals surface area contributed by atoms with Gasteiger partial charge in [0.1, 0.15) is 0 Å². The van der Waals surface area contributed by atoms with Crippen molar-refractivity contribution in [2.24, 2.45) is 4.99 Å². The van der Waals surface area contributed by atoms with E-state index in [0.29, 0.717) is 6.10 Å². The molecule has 1 unspecified atom stereocenters. The Morgan fingerprint density at radius 2 is 2.38 bits per heavy atom. The van der Waals surface area contributed by atoms with E-state index in [4.69, 9.17) is 9.47 Å². The summed E-state index contributed by atoms with van der Waals surface area (Å²) in [6, 6.07) is 4.29. The van der Waals surface area contributed by atoms with Gasteiger partial charge in [-0.25, -0.2) is 0 Å². The first-order chi connectivity index (χ1) is 10.3. The zero-order valence-corrected chi connectivity index (χ0v) is 13.7. The highest BCUT2D eigenvalue weighted by molar-refractivity contribution is 7.11. The van der Waals surface area contributed by atoms with E-state index in [1.165, 1.54) is 9.75 Å². The van der Waals surface area contributed by atoms with E-state index in [1.807, 2.05) is 11.3 Å². The van der Waals surface area contributed by atoms with Crippen LogP contribution in [0.25, 0.3) is 0 Å². The molecule has 1 aliphatic rings. The Balaban J connectivity index is 1.55. The van der Waals surface area contributed by atoms with Crippen LogP contribution in [0.15, 0.2) is 17.1 Å². The van der Waals surface area contributed by atoms with Crippen LogP contribution < -0.4 is 10.6 Å². The van der Waals surface area contributed by atoms with Crippen molar-refractivity contribution in [2.45, 2.75) is 32.4 Å². The van der Waals surface area contributed by atoms with Crippen LogP contribution in [0.5, 0.6) is 0 Å². The molecule has 6 heteroatoms. The van der Waals surface area contributed by atoms with Crippen molar-refractivity contribution in [3.05, 3.63) is 21.9 Å². The summed E-state index contributed by atoms with van der Waals surface area (Å²) >= 11 is 1.81. The molecule has 0 bridgehead atoms. The lowest BCUT2D eigenvalue weighted by Crippen LogP contribution is -2.37. The fourth-order valence-corrected chi connectivity index (χ4v) is 2.97. The van der Waals surface area contributed by atoms with Crippen molar-refractivity contribution in [3.8, 4) is 0 Å². The molecule has 2 N–H and O–H groups in total. The summed E-state index contributed by atoms with van der Waals surface area (Å²) in [5.41, 5.74) is 0. The number of guanidine groups is 1. The molecule has 0 radical (unpaired) electrons. The van der Waals surface area contributed by atoms with Crippen LogP contribution in [0.1, 0.15) is 22.6 Å². The molecule has 0 amide bonds. The maximum Gasteiger partial charge on any atom is 0.191 e. The number of aliphatic imine (C=N–C) groups is 1. The van der Waals surface area contributed by atoms with E-state index < -0.39 is 0 Å². The summed E-state index contributed by atoms with van der Waals surface area (Å²) in [5.74, 6) is 0.838. The van der Waals surface area contributed by atoms with Gasteiger partial charge in [0.15, 0.2) is 5.96 Å². The fraction of sp³-hybridized carbons (Fsp3) is 0.667. The number of hydrogen-bond donors (Lipinski definition) is 2. The minimum atomic E-state index is 0.296. The predicted octanol–water partition coefficient (Wildman–Crippen LogP) is 1.92. The second kappa shape index (κ2) is 9.02. The Morgan fingerprint density at radius 3 is 3.05 bits per heavy atom. The largest absolute Gasteiger partial charge is 0.379 e. The number of nitrogens with one attached hydrogen (secondary N) is 2. The maximum absolute atomic E-state index is 5.73. The van der Waals surface area contributed by atoms with Gasteiger partial charge in [-0.15, -0.1) is 11.3 Å². The average molecular weight is 311 g/mol. The first-order valence-corrected chi connectivity index (χ1v) is 8.29. The van der Waals surface area contributed by atoms with Gasteiger partial charge in [0, 0.05) is 36.6 Å². The van der Waals surface area contributed by atoms with E-state index in [9.17, 15) is 0 Å². The summed E-state index contributed by atoms with van der Waals surface area (Å²) < 4.78 is 11.0. The van der Waals surface area contributed by atoms with Gasteiger partial charge < -0.3 is 20.1 Å². The third kappa shape index (κ3) is 6.03. The maximum atomic E-state index is 5.73. The number of rotatable bonds is 7. The molecule has 5 nitrogen and oxygen atoms in total. The molecule has 0 aromatic carbocycles. The van der Waals surface area contributed by atoms with E-state index in [-0.39, 0.29) is 0 Å². The highest BCUT2D eigenvalue weighted by Crippen LogP contribution is 2.14. The third-order valence-corrected chi connectivity index (χ3v) is 4.31. The first kappa shape index (κ1) is 16.3. The molecule has 1 aromatic heterocycles. The molecule has 1 fully saturated rings. The minimum Gasteiger partial charge on any atom is -0.379 e.